The van der Waals surface area contributed by atoms with E-state index in [1.807, 2.05) is 24.3 Å². The largest absolute Gasteiger partial charge is 0.309 e. The van der Waals surface area contributed by atoms with E-state index < -0.39 is 0 Å². The molecule has 0 aliphatic carbocycles. The third-order valence-electron chi connectivity index (χ3n) is 9.44. The van der Waals surface area contributed by atoms with Gasteiger partial charge >= 0.3 is 0 Å². The van der Waals surface area contributed by atoms with Gasteiger partial charge in [-0.25, -0.2) is 0 Å². The predicted molar refractivity (Wildman–Crippen MR) is 195 cm³/mol. The molecule has 0 saturated carbocycles. The molecule has 0 bridgehead atoms. The molecule has 0 N–H and O–H groups in total. The fourth-order valence-corrected chi connectivity index (χ4v) is 7.10. The third-order valence-corrected chi connectivity index (χ3v) is 9.44. The molecule has 0 amide bonds. The first-order valence-corrected chi connectivity index (χ1v) is 15.9. The van der Waals surface area contributed by atoms with Gasteiger partial charge in [-0.15, -0.1) is 0 Å². The van der Waals surface area contributed by atoms with Gasteiger partial charge in [0.25, 0.3) is 0 Å². The van der Waals surface area contributed by atoms with Crippen molar-refractivity contribution in [3.8, 4) is 39.7 Å². The summed E-state index contributed by atoms with van der Waals surface area (Å²) in [5.41, 5.74) is 13.6. The van der Waals surface area contributed by atoms with Crippen LogP contribution in [0.3, 0.4) is 0 Å². The minimum absolute atomic E-state index is 0.670. The molecular weight excluding hydrogens is 571 g/mol. The van der Waals surface area contributed by atoms with Gasteiger partial charge in [-0.2, -0.15) is 5.26 Å². The first-order valence-electron chi connectivity index (χ1n) is 15.9. The molecule has 9 aromatic rings. The molecule has 2 aromatic heterocycles. The maximum absolute atomic E-state index is 9.17. The SMILES string of the molecule is Cc1ccc(-n2c3ccccc3c3cc(-c4ccc5c(c4)c4ccccc4n5-c4ccc(-c5ccc(C#N)cc5)cc4)ccc32)cc1. The lowest BCUT2D eigenvalue weighted by Crippen LogP contribution is -1.94. The van der Waals surface area contributed by atoms with E-state index in [4.69, 9.17) is 5.26 Å². The van der Waals surface area contributed by atoms with E-state index in [0.717, 1.165) is 16.8 Å². The zero-order chi connectivity index (χ0) is 31.5. The molecule has 7 aromatic carbocycles. The van der Waals surface area contributed by atoms with Crippen LogP contribution in [0.15, 0.2) is 158 Å². The molecule has 2 heterocycles. The second kappa shape index (κ2) is 10.6. The van der Waals surface area contributed by atoms with Crippen molar-refractivity contribution in [1.29, 1.82) is 5.26 Å². The monoisotopic (exact) mass is 599 g/mol. The number of fused-ring (bicyclic) bond motifs is 6. The quantitative estimate of drug-likeness (QED) is 0.198. The normalized spacial score (nSPS) is 11.5. The number of aryl methyl sites for hydroxylation is 1. The fourth-order valence-electron chi connectivity index (χ4n) is 7.10. The van der Waals surface area contributed by atoms with Crippen molar-refractivity contribution in [2.45, 2.75) is 6.92 Å². The molecule has 0 unspecified atom stereocenters. The lowest BCUT2D eigenvalue weighted by molar-refractivity contribution is 1.17. The summed E-state index contributed by atoms with van der Waals surface area (Å²) in [7, 11) is 0. The lowest BCUT2D eigenvalue weighted by atomic mass is 10.0. The second-order valence-corrected chi connectivity index (χ2v) is 12.2. The van der Waals surface area contributed by atoms with Crippen LogP contribution in [0.4, 0.5) is 0 Å². The Kier molecular flexibility index (Phi) is 6.10. The summed E-state index contributed by atoms with van der Waals surface area (Å²) in [5, 5.41) is 14.1. The molecule has 47 heavy (non-hydrogen) atoms. The van der Waals surface area contributed by atoms with Gasteiger partial charge in [0.15, 0.2) is 0 Å². The van der Waals surface area contributed by atoms with E-state index in [-0.39, 0.29) is 0 Å². The Balaban J connectivity index is 1.17. The van der Waals surface area contributed by atoms with Crippen LogP contribution >= 0.6 is 0 Å². The van der Waals surface area contributed by atoms with E-state index in [2.05, 4.69) is 156 Å². The number of benzene rings is 7. The van der Waals surface area contributed by atoms with Gasteiger partial charge in [0, 0.05) is 32.9 Å². The summed E-state index contributed by atoms with van der Waals surface area (Å²) >= 11 is 0. The van der Waals surface area contributed by atoms with E-state index in [1.165, 1.54) is 66.0 Å². The van der Waals surface area contributed by atoms with Gasteiger partial charge in [0.1, 0.15) is 0 Å². The zero-order valence-corrected chi connectivity index (χ0v) is 25.9. The van der Waals surface area contributed by atoms with Crippen molar-refractivity contribution >= 4 is 43.6 Å². The van der Waals surface area contributed by atoms with E-state index >= 15 is 0 Å². The number of nitrogens with zero attached hydrogens (tertiary/aromatic N) is 3. The fraction of sp³-hybridized carbons (Fsp3) is 0.0227. The Morgan fingerprint density at radius 1 is 0.404 bits per heavy atom. The molecular formula is C44H29N3. The van der Waals surface area contributed by atoms with Crippen LogP contribution in [-0.4, -0.2) is 9.13 Å². The Morgan fingerprint density at radius 3 is 1.30 bits per heavy atom. The van der Waals surface area contributed by atoms with Gasteiger partial charge in [-0.3, -0.25) is 0 Å². The molecule has 0 atom stereocenters. The summed E-state index contributed by atoms with van der Waals surface area (Å²) in [4.78, 5) is 0. The number of rotatable bonds is 4. The zero-order valence-electron chi connectivity index (χ0n) is 25.9. The van der Waals surface area contributed by atoms with Gasteiger partial charge in [-0.1, -0.05) is 90.5 Å². The van der Waals surface area contributed by atoms with Crippen molar-refractivity contribution < 1.29 is 0 Å². The lowest BCUT2D eigenvalue weighted by Gasteiger charge is -2.10. The Bertz CT molecular complexity index is 2660. The molecule has 0 radical (unpaired) electrons. The number of nitriles is 1. The highest BCUT2D eigenvalue weighted by Crippen LogP contribution is 2.38. The summed E-state index contributed by atoms with van der Waals surface area (Å²) in [5.74, 6) is 0. The van der Waals surface area contributed by atoms with Gasteiger partial charge in [0.05, 0.1) is 33.7 Å². The molecule has 0 fully saturated rings. The third kappa shape index (κ3) is 4.35. The minimum Gasteiger partial charge on any atom is -0.309 e. The Morgan fingerprint density at radius 2 is 0.809 bits per heavy atom. The average Bonchev–Trinajstić information content (AvgIpc) is 3.64. The van der Waals surface area contributed by atoms with Crippen molar-refractivity contribution in [1.82, 2.24) is 9.13 Å². The first kappa shape index (κ1) is 27.0. The molecule has 0 saturated heterocycles. The topological polar surface area (TPSA) is 33.6 Å². The van der Waals surface area contributed by atoms with Gasteiger partial charge < -0.3 is 9.13 Å². The summed E-state index contributed by atoms with van der Waals surface area (Å²) < 4.78 is 4.73. The summed E-state index contributed by atoms with van der Waals surface area (Å²) in [6, 6.07) is 58.5. The van der Waals surface area contributed by atoms with Crippen molar-refractivity contribution in [2.24, 2.45) is 0 Å². The highest BCUT2D eigenvalue weighted by atomic mass is 15.0. The number of para-hydroxylation sites is 2. The van der Waals surface area contributed by atoms with Crippen molar-refractivity contribution in [3.05, 3.63) is 169 Å². The molecule has 0 aliphatic rings. The average molecular weight is 600 g/mol. The standard InChI is InChI=1S/C44H29N3/c1-29-10-20-35(21-11-29)46-41-8-4-2-6-37(41)39-26-33(18-24-43(39)46)34-19-25-44-40(27-34)38-7-3-5-9-42(38)47(44)36-22-16-32(17-23-36)31-14-12-30(28-45)13-15-31/h2-27H,1H3. The smallest absolute Gasteiger partial charge is 0.0991 e. The van der Waals surface area contributed by atoms with Gasteiger partial charge in [-0.05, 0) is 102 Å². The second-order valence-electron chi connectivity index (χ2n) is 12.2. The number of aromatic nitrogens is 2. The first-order chi connectivity index (χ1) is 23.2. The van der Waals surface area contributed by atoms with Crippen LogP contribution in [0.25, 0.3) is 77.2 Å². The molecule has 220 valence electrons. The van der Waals surface area contributed by atoms with E-state index in [0.29, 0.717) is 5.56 Å². The summed E-state index contributed by atoms with van der Waals surface area (Å²) in [6.07, 6.45) is 0. The van der Waals surface area contributed by atoms with Crippen molar-refractivity contribution in [2.75, 3.05) is 0 Å². The molecule has 9 rings (SSSR count). The van der Waals surface area contributed by atoms with Crippen LogP contribution < -0.4 is 0 Å². The highest BCUT2D eigenvalue weighted by Gasteiger charge is 2.16. The number of hydrogen-bond acceptors (Lipinski definition) is 1. The van der Waals surface area contributed by atoms with Crippen LogP contribution in [0.1, 0.15) is 11.1 Å². The number of hydrogen-bond donors (Lipinski definition) is 0. The molecule has 3 nitrogen and oxygen atoms in total. The maximum atomic E-state index is 9.17. The predicted octanol–water partition coefficient (Wildman–Crippen LogP) is 11.4. The van der Waals surface area contributed by atoms with Crippen molar-refractivity contribution in [3.63, 3.8) is 0 Å². The van der Waals surface area contributed by atoms with Crippen LogP contribution in [-0.2, 0) is 0 Å². The molecule has 3 heteroatoms. The van der Waals surface area contributed by atoms with Crippen LogP contribution in [0.2, 0.25) is 0 Å². The van der Waals surface area contributed by atoms with Crippen LogP contribution in [0, 0.1) is 18.3 Å². The Hall–Kier alpha value is -6.37. The van der Waals surface area contributed by atoms with E-state index in [1.54, 1.807) is 0 Å². The minimum atomic E-state index is 0.670. The van der Waals surface area contributed by atoms with Gasteiger partial charge in [0.2, 0.25) is 0 Å². The maximum Gasteiger partial charge on any atom is 0.0991 e. The Labute approximate surface area is 272 Å². The van der Waals surface area contributed by atoms with E-state index in [9.17, 15) is 0 Å². The molecule has 0 spiro atoms. The summed E-state index contributed by atoms with van der Waals surface area (Å²) in [6.45, 7) is 2.13. The molecule has 0 aliphatic heterocycles. The van der Waals surface area contributed by atoms with Crippen LogP contribution in [0.5, 0.6) is 0 Å². The highest BCUT2D eigenvalue weighted by molar-refractivity contribution is 6.12.